The molecule has 0 spiro atoms. The van der Waals surface area contributed by atoms with E-state index in [9.17, 15) is 32.2 Å². The van der Waals surface area contributed by atoms with Gasteiger partial charge in [-0.2, -0.15) is 4.98 Å². The van der Waals surface area contributed by atoms with Crippen LogP contribution in [0.3, 0.4) is 0 Å². The molecule has 2 aromatic heterocycles. The summed E-state index contributed by atoms with van der Waals surface area (Å²) in [5, 5.41) is 20.3. The molecule has 9 nitrogen and oxygen atoms in total. The molecule has 154 valence electrons. The lowest BCUT2D eigenvalue weighted by Crippen LogP contribution is -2.29. The van der Waals surface area contributed by atoms with Gasteiger partial charge in [-0.1, -0.05) is 6.07 Å². The highest BCUT2D eigenvalue weighted by molar-refractivity contribution is 7.90. The van der Waals surface area contributed by atoms with Crippen molar-refractivity contribution in [1.29, 1.82) is 0 Å². The maximum Gasteiger partial charge on any atom is 0.256 e. The molecule has 0 amide bonds. The molecular weight excluding hydrogens is 410 g/mol. The van der Waals surface area contributed by atoms with Gasteiger partial charge < -0.3 is 15.5 Å². The minimum absolute atomic E-state index is 0.134. The molecule has 12 heteroatoms. The number of pyridine rings is 1. The summed E-state index contributed by atoms with van der Waals surface area (Å²) in [6.07, 6.45) is 0.868. The van der Waals surface area contributed by atoms with Crippen LogP contribution in [0.15, 0.2) is 40.2 Å². The van der Waals surface area contributed by atoms with Gasteiger partial charge in [0.2, 0.25) is 5.95 Å². The SMILES string of the molecule is CS(=O)(=O)c1nc(NC(CO)CO)nc2c1ccc(=O)n2-c1c(F)cccc1F. The number of sulfone groups is 1. The molecule has 1 aromatic carbocycles. The van der Waals surface area contributed by atoms with E-state index < -0.39 is 57.0 Å². The highest BCUT2D eigenvalue weighted by Gasteiger charge is 2.23. The number of hydrogen-bond acceptors (Lipinski definition) is 8. The summed E-state index contributed by atoms with van der Waals surface area (Å²) in [4.78, 5) is 20.4. The maximum absolute atomic E-state index is 14.4. The molecule has 2 heterocycles. The number of anilines is 1. The molecule has 0 aliphatic rings. The zero-order valence-electron chi connectivity index (χ0n) is 15.0. The number of aliphatic hydroxyl groups is 2. The fourth-order valence-electron chi connectivity index (χ4n) is 2.68. The fraction of sp³-hybridized carbons (Fsp3) is 0.235. The monoisotopic (exact) mass is 426 g/mol. The van der Waals surface area contributed by atoms with E-state index in [1.54, 1.807) is 0 Å². The lowest BCUT2D eigenvalue weighted by atomic mass is 10.2. The number of nitrogens with zero attached hydrogens (tertiary/aromatic N) is 3. The lowest BCUT2D eigenvalue weighted by molar-refractivity contribution is 0.203. The van der Waals surface area contributed by atoms with Crippen molar-refractivity contribution < 1.29 is 27.4 Å². The number of rotatable bonds is 6. The number of aliphatic hydroxyl groups excluding tert-OH is 2. The van der Waals surface area contributed by atoms with Crippen LogP contribution >= 0.6 is 0 Å². The van der Waals surface area contributed by atoms with E-state index in [-0.39, 0.29) is 17.0 Å². The van der Waals surface area contributed by atoms with E-state index in [1.807, 2.05) is 0 Å². The fourth-order valence-corrected chi connectivity index (χ4v) is 3.50. The molecular formula is C17H16F2N4O5S. The van der Waals surface area contributed by atoms with E-state index >= 15 is 0 Å². The Hall–Kier alpha value is -2.96. The first-order valence-electron chi connectivity index (χ1n) is 8.24. The van der Waals surface area contributed by atoms with E-state index in [4.69, 9.17) is 0 Å². The van der Waals surface area contributed by atoms with E-state index in [1.165, 1.54) is 0 Å². The van der Waals surface area contributed by atoms with Crippen molar-refractivity contribution in [2.45, 2.75) is 11.1 Å². The van der Waals surface area contributed by atoms with Crippen molar-refractivity contribution >= 4 is 26.8 Å². The molecule has 0 unspecified atom stereocenters. The Morgan fingerprint density at radius 2 is 1.72 bits per heavy atom. The van der Waals surface area contributed by atoms with Crippen LogP contribution in [0.25, 0.3) is 16.7 Å². The van der Waals surface area contributed by atoms with Gasteiger partial charge in [-0.15, -0.1) is 0 Å². The van der Waals surface area contributed by atoms with Gasteiger partial charge in [-0.25, -0.2) is 22.2 Å². The predicted molar refractivity (Wildman–Crippen MR) is 99.7 cm³/mol. The van der Waals surface area contributed by atoms with Crippen LogP contribution in [-0.4, -0.2) is 58.7 Å². The number of benzene rings is 1. The summed E-state index contributed by atoms with van der Waals surface area (Å²) in [7, 11) is -3.95. The number of fused-ring (bicyclic) bond motifs is 1. The number of hydrogen-bond donors (Lipinski definition) is 3. The van der Waals surface area contributed by atoms with Gasteiger partial charge in [0.1, 0.15) is 17.3 Å². The summed E-state index contributed by atoms with van der Waals surface area (Å²) in [6, 6.07) is 4.14. The molecule has 29 heavy (non-hydrogen) atoms. The molecule has 3 aromatic rings. The summed E-state index contributed by atoms with van der Waals surface area (Å²) < 4.78 is 53.8. The van der Waals surface area contributed by atoms with E-state index in [0.717, 1.165) is 36.6 Å². The van der Waals surface area contributed by atoms with Crippen LogP contribution in [0, 0.1) is 11.6 Å². The standard InChI is InChI=1S/C17H16F2N4O5S/c1-29(27,28)16-10-5-6-13(26)23(14-11(18)3-2-4-12(14)19)15(10)21-17(22-16)20-9(7-24)8-25/h2-6,9,24-25H,7-8H2,1H3,(H,20,21,22). The second-order valence-electron chi connectivity index (χ2n) is 6.15. The zero-order chi connectivity index (χ0) is 21.3. The first kappa shape index (κ1) is 20.8. The normalized spacial score (nSPS) is 11.9. The minimum Gasteiger partial charge on any atom is -0.394 e. The average molecular weight is 426 g/mol. The quantitative estimate of drug-likeness (QED) is 0.477. The Kier molecular flexibility index (Phi) is 5.59. The molecule has 3 rings (SSSR count). The highest BCUT2D eigenvalue weighted by Crippen LogP contribution is 2.25. The van der Waals surface area contributed by atoms with E-state index in [2.05, 4.69) is 15.3 Å². The van der Waals surface area contributed by atoms with Crippen molar-refractivity contribution in [2.24, 2.45) is 0 Å². The van der Waals surface area contributed by atoms with E-state index in [0.29, 0.717) is 4.57 Å². The molecule has 0 aliphatic heterocycles. The predicted octanol–water partition coefficient (Wildman–Crippen LogP) is 0.227. The van der Waals surface area contributed by atoms with Crippen molar-refractivity contribution in [3.05, 3.63) is 52.3 Å². The molecule has 3 N–H and O–H groups in total. The van der Waals surface area contributed by atoms with Gasteiger partial charge in [-0.3, -0.25) is 9.36 Å². The summed E-state index contributed by atoms with van der Waals surface area (Å²) in [6.45, 7) is -1.06. The van der Waals surface area contributed by atoms with Crippen LogP contribution in [0.5, 0.6) is 0 Å². The topological polar surface area (TPSA) is 134 Å². The smallest absolute Gasteiger partial charge is 0.256 e. The van der Waals surface area contributed by atoms with Gasteiger partial charge >= 0.3 is 0 Å². The third-order valence-electron chi connectivity index (χ3n) is 4.00. The number of nitrogens with one attached hydrogen (secondary N) is 1. The Balaban J connectivity index is 2.44. The maximum atomic E-state index is 14.4. The molecule has 0 aliphatic carbocycles. The Bertz CT molecular complexity index is 1220. The van der Waals surface area contributed by atoms with Crippen LogP contribution in [0.2, 0.25) is 0 Å². The molecule has 0 radical (unpaired) electrons. The second-order valence-corrected chi connectivity index (χ2v) is 8.08. The molecule has 0 saturated carbocycles. The lowest BCUT2D eigenvalue weighted by Gasteiger charge is -2.17. The van der Waals surface area contributed by atoms with Gasteiger partial charge in [0.15, 0.2) is 20.5 Å². The summed E-state index contributed by atoms with van der Waals surface area (Å²) >= 11 is 0. The third-order valence-corrected chi connectivity index (χ3v) is 5.02. The molecule has 0 fully saturated rings. The highest BCUT2D eigenvalue weighted by atomic mass is 32.2. The number of para-hydroxylation sites is 1. The third kappa shape index (κ3) is 3.95. The summed E-state index contributed by atoms with van der Waals surface area (Å²) in [5.41, 5.74) is -1.95. The summed E-state index contributed by atoms with van der Waals surface area (Å²) in [5.74, 6) is -2.48. The number of halogens is 2. The average Bonchev–Trinajstić information content (AvgIpc) is 2.66. The van der Waals surface area contributed by atoms with Crippen molar-refractivity contribution in [3.8, 4) is 5.69 Å². The Morgan fingerprint density at radius 3 is 2.28 bits per heavy atom. The zero-order valence-corrected chi connectivity index (χ0v) is 15.8. The van der Waals surface area contributed by atoms with Crippen molar-refractivity contribution in [1.82, 2.24) is 14.5 Å². The van der Waals surface area contributed by atoms with Gasteiger partial charge in [0.25, 0.3) is 5.56 Å². The van der Waals surface area contributed by atoms with Gasteiger partial charge in [0, 0.05) is 12.3 Å². The van der Waals surface area contributed by atoms with Crippen molar-refractivity contribution in [2.75, 3.05) is 24.8 Å². The van der Waals surface area contributed by atoms with Gasteiger partial charge in [-0.05, 0) is 18.2 Å². The van der Waals surface area contributed by atoms with Crippen LogP contribution < -0.4 is 10.9 Å². The Morgan fingerprint density at radius 1 is 1.10 bits per heavy atom. The van der Waals surface area contributed by atoms with Crippen LogP contribution in [-0.2, 0) is 9.84 Å². The van der Waals surface area contributed by atoms with Crippen LogP contribution in [0.4, 0.5) is 14.7 Å². The minimum atomic E-state index is -3.95. The van der Waals surface area contributed by atoms with Crippen molar-refractivity contribution in [3.63, 3.8) is 0 Å². The second kappa shape index (κ2) is 7.81. The Labute approximate surface area is 163 Å². The molecule has 0 bridgehead atoms. The number of aromatic nitrogens is 3. The van der Waals surface area contributed by atoms with Gasteiger partial charge in [0.05, 0.1) is 24.6 Å². The molecule has 0 saturated heterocycles. The first-order valence-corrected chi connectivity index (χ1v) is 10.1. The van der Waals surface area contributed by atoms with Crippen LogP contribution in [0.1, 0.15) is 0 Å². The largest absolute Gasteiger partial charge is 0.394 e. The molecule has 0 atom stereocenters. The first-order chi connectivity index (χ1) is 13.7.